The summed E-state index contributed by atoms with van der Waals surface area (Å²) in [5.41, 5.74) is -0.103. The average Bonchev–Trinajstić information content (AvgIpc) is 2.64. The number of pyridine rings is 1. The second kappa shape index (κ2) is 6.17. The molecule has 0 fully saturated rings. The Morgan fingerprint density at radius 3 is 2.48 bits per heavy atom. The van der Waals surface area contributed by atoms with E-state index in [0.717, 1.165) is 5.56 Å². The Labute approximate surface area is 153 Å². The van der Waals surface area contributed by atoms with Crippen LogP contribution in [0.4, 0.5) is 0 Å². The number of aromatic hydroxyl groups is 2. The first kappa shape index (κ1) is 16.7. The molecule has 4 aromatic rings. The predicted octanol–water partition coefficient (Wildman–Crippen LogP) is 2.53. The molecular weight excluding hydrogens is 346 g/mol. The summed E-state index contributed by atoms with van der Waals surface area (Å²) in [6.07, 6.45) is 3.36. The highest BCUT2D eigenvalue weighted by atomic mass is 16.4. The number of phenolic OH excluding ortho intramolecular Hbond substituents is 2. The molecule has 27 heavy (non-hydrogen) atoms. The molecule has 0 atom stereocenters. The summed E-state index contributed by atoms with van der Waals surface area (Å²) in [6.45, 7) is 1.86. The largest absolute Gasteiger partial charge is 0.871 e. The van der Waals surface area contributed by atoms with Crippen molar-refractivity contribution in [2.45, 2.75) is 6.92 Å². The fourth-order valence-corrected chi connectivity index (χ4v) is 3.15. The Hall–Kier alpha value is -3.80. The van der Waals surface area contributed by atoms with E-state index in [9.17, 15) is 20.1 Å². The van der Waals surface area contributed by atoms with Crippen molar-refractivity contribution in [2.24, 2.45) is 0 Å². The van der Waals surface area contributed by atoms with Crippen molar-refractivity contribution in [2.75, 3.05) is 0 Å². The normalized spacial score (nSPS) is 11.0. The summed E-state index contributed by atoms with van der Waals surface area (Å²) in [5.74, 6) is -1.07. The van der Waals surface area contributed by atoms with Crippen LogP contribution < -0.4 is 15.3 Å². The highest BCUT2D eigenvalue weighted by molar-refractivity contribution is 5.93. The summed E-state index contributed by atoms with van der Waals surface area (Å²) in [7, 11) is 0. The lowest BCUT2D eigenvalue weighted by Gasteiger charge is -2.16. The molecule has 0 saturated carbocycles. The molecular formula is C21H15NO5. The maximum atomic E-state index is 13.0. The molecule has 0 unspecified atom stereocenters. The molecule has 2 heterocycles. The van der Waals surface area contributed by atoms with Crippen LogP contribution in [-0.4, -0.2) is 10.2 Å². The maximum Gasteiger partial charge on any atom is 0.343 e. The Balaban J connectivity index is 2.14. The highest BCUT2D eigenvalue weighted by Gasteiger charge is 2.27. The zero-order valence-electron chi connectivity index (χ0n) is 14.3. The number of para-hydroxylation sites is 1. The molecule has 0 bridgehead atoms. The van der Waals surface area contributed by atoms with Crippen molar-refractivity contribution >= 4 is 11.0 Å². The molecule has 134 valence electrons. The topological polar surface area (TPSA) is 97.6 Å². The zero-order chi connectivity index (χ0) is 19.1. The summed E-state index contributed by atoms with van der Waals surface area (Å²) in [4.78, 5) is 12.6. The van der Waals surface area contributed by atoms with E-state index in [1.807, 2.05) is 13.0 Å². The third-order valence-electron chi connectivity index (χ3n) is 4.36. The minimum atomic E-state index is -0.880. The maximum absolute atomic E-state index is 13.0. The van der Waals surface area contributed by atoms with Gasteiger partial charge in [-0.25, -0.2) is 4.79 Å². The van der Waals surface area contributed by atoms with Crippen LogP contribution in [0, 0.1) is 6.92 Å². The standard InChI is InChI=1S/C21H15NO5/c1-12-5-4-10-22(11-12)19-15(24)9-8-14(23)17(19)18-20(25)13-6-2-3-7-16(13)27-21(18)26/h2-11H,1H3,(H2-,23,24,25,26). The van der Waals surface area contributed by atoms with Crippen molar-refractivity contribution in [3.05, 3.63) is 76.9 Å². The van der Waals surface area contributed by atoms with E-state index >= 15 is 0 Å². The molecule has 4 rings (SSSR count). The van der Waals surface area contributed by atoms with Crippen molar-refractivity contribution in [3.8, 4) is 34.1 Å². The molecule has 0 aliphatic heterocycles. The monoisotopic (exact) mass is 361 g/mol. The van der Waals surface area contributed by atoms with Gasteiger partial charge >= 0.3 is 5.63 Å². The first-order chi connectivity index (χ1) is 13.0. The van der Waals surface area contributed by atoms with E-state index in [-0.39, 0.29) is 39.3 Å². The minimum Gasteiger partial charge on any atom is -0.871 e. The van der Waals surface area contributed by atoms with Gasteiger partial charge in [0.2, 0.25) is 0 Å². The molecule has 2 aromatic heterocycles. The second-order valence-corrected chi connectivity index (χ2v) is 6.21. The lowest BCUT2D eigenvalue weighted by molar-refractivity contribution is -0.596. The van der Waals surface area contributed by atoms with Crippen LogP contribution in [0.2, 0.25) is 0 Å². The van der Waals surface area contributed by atoms with Crippen LogP contribution in [0.25, 0.3) is 27.8 Å². The lowest BCUT2D eigenvalue weighted by atomic mass is 10.00. The third kappa shape index (κ3) is 2.67. The number of rotatable bonds is 2. The Morgan fingerprint density at radius 1 is 0.963 bits per heavy atom. The molecule has 2 N–H and O–H groups in total. The first-order valence-corrected chi connectivity index (χ1v) is 8.24. The van der Waals surface area contributed by atoms with Crippen molar-refractivity contribution in [1.29, 1.82) is 0 Å². The number of hydrogen-bond donors (Lipinski definition) is 2. The van der Waals surface area contributed by atoms with Crippen LogP contribution in [0.1, 0.15) is 5.56 Å². The highest BCUT2D eigenvalue weighted by Crippen LogP contribution is 2.41. The van der Waals surface area contributed by atoms with Gasteiger partial charge in [0, 0.05) is 17.0 Å². The fourth-order valence-electron chi connectivity index (χ4n) is 3.15. The summed E-state index contributed by atoms with van der Waals surface area (Å²) >= 11 is 0. The number of nitrogens with zero attached hydrogens (tertiary/aromatic N) is 1. The first-order valence-electron chi connectivity index (χ1n) is 8.24. The average molecular weight is 361 g/mol. The van der Waals surface area contributed by atoms with E-state index in [2.05, 4.69) is 0 Å². The van der Waals surface area contributed by atoms with Crippen molar-refractivity contribution in [1.82, 2.24) is 0 Å². The molecule has 6 heteroatoms. The fraction of sp³-hybridized carbons (Fsp3) is 0.0476. The number of phenols is 2. The molecule has 0 radical (unpaired) electrons. The van der Waals surface area contributed by atoms with Gasteiger partial charge < -0.3 is 19.7 Å². The Kier molecular flexibility index (Phi) is 3.81. The van der Waals surface area contributed by atoms with E-state index in [1.165, 1.54) is 18.2 Å². The molecule has 2 aromatic carbocycles. The van der Waals surface area contributed by atoms with Gasteiger partial charge in [0.15, 0.2) is 18.1 Å². The number of fused-ring (bicyclic) bond motifs is 1. The van der Waals surface area contributed by atoms with Crippen LogP contribution in [-0.2, 0) is 0 Å². The Bertz CT molecular complexity index is 1240. The minimum absolute atomic E-state index is 0.0740. The quantitative estimate of drug-likeness (QED) is 0.325. The smallest absolute Gasteiger partial charge is 0.343 e. The molecule has 0 amide bonds. The van der Waals surface area contributed by atoms with Crippen LogP contribution >= 0.6 is 0 Å². The van der Waals surface area contributed by atoms with Gasteiger partial charge in [-0.3, -0.25) is 0 Å². The predicted molar refractivity (Wildman–Crippen MR) is 97.0 cm³/mol. The van der Waals surface area contributed by atoms with Crippen LogP contribution in [0.3, 0.4) is 0 Å². The second-order valence-electron chi connectivity index (χ2n) is 6.21. The van der Waals surface area contributed by atoms with Crippen LogP contribution in [0.15, 0.2) is 70.1 Å². The zero-order valence-corrected chi connectivity index (χ0v) is 14.3. The van der Waals surface area contributed by atoms with E-state index < -0.39 is 11.4 Å². The van der Waals surface area contributed by atoms with Crippen molar-refractivity contribution in [3.63, 3.8) is 0 Å². The van der Waals surface area contributed by atoms with Gasteiger partial charge in [-0.05, 0) is 31.2 Å². The van der Waals surface area contributed by atoms with Gasteiger partial charge in [0.1, 0.15) is 16.9 Å². The number of aryl methyl sites for hydroxylation is 1. The van der Waals surface area contributed by atoms with E-state index in [0.29, 0.717) is 0 Å². The van der Waals surface area contributed by atoms with E-state index in [4.69, 9.17) is 4.42 Å². The Morgan fingerprint density at radius 2 is 1.70 bits per heavy atom. The lowest BCUT2D eigenvalue weighted by Crippen LogP contribution is -2.31. The molecule has 0 aliphatic carbocycles. The van der Waals surface area contributed by atoms with Gasteiger partial charge in [-0.15, -0.1) is 0 Å². The SMILES string of the molecule is Cc1ccc[n+](-c2c(O)ccc(O)c2-c2c([O-])c3ccccc3oc2=O)c1. The number of benzene rings is 2. The van der Waals surface area contributed by atoms with E-state index in [1.54, 1.807) is 41.2 Å². The molecule has 0 aliphatic rings. The molecule has 0 saturated heterocycles. The molecule has 6 nitrogen and oxygen atoms in total. The summed E-state index contributed by atoms with van der Waals surface area (Å²) in [6, 6.07) is 12.5. The van der Waals surface area contributed by atoms with Gasteiger partial charge in [0.05, 0.1) is 5.56 Å². The van der Waals surface area contributed by atoms with Gasteiger partial charge in [0.25, 0.3) is 5.69 Å². The summed E-state index contributed by atoms with van der Waals surface area (Å²) < 4.78 is 6.83. The van der Waals surface area contributed by atoms with Gasteiger partial charge in [-0.1, -0.05) is 23.9 Å². The number of hydrogen-bond acceptors (Lipinski definition) is 5. The third-order valence-corrected chi connectivity index (χ3v) is 4.36. The van der Waals surface area contributed by atoms with Crippen LogP contribution in [0.5, 0.6) is 17.2 Å². The van der Waals surface area contributed by atoms with Crippen molar-refractivity contribution < 1.29 is 24.3 Å². The summed E-state index contributed by atoms with van der Waals surface area (Å²) in [5, 5.41) is 34.1. The molecule has 0 spiro atoms. The van der Waals surface area contributed by atoms with Gasteiger partial charge in [-0.2, -0.15) is 4.57 Å². The number of aromatic nitrogens is 1.